The lowest BCUT2D eigenvalue weighted by atomic mass is 9.36. The van der Waals surface area contributed by atoms with Gasteiger partial charge < -0.3 is 0 Å². The van der Waals surface area contributed by atoms with Crippen LogP contribution in [0.25, 0.3) is 0 Å². The first-order chi connectivity index (χ1) is 7.90. The van der Waals surface area contributed by atoms with Gasteiger partial charge in [-0.05, 0) is 70.5 Å². The Hall–Kier alpha value is 0. The Balaban J connectivity index is 1.90. The topological polar surface area (TPSA) is 0 Å². The summed E-state index contributed by atoms with van der Waals surface area (Å²) >= 11 is 0. The third-order valence-electron chi connectivity index (χ3n) is 9.99. The zero-order valence-corrected chi connectivity index (χ0v) is 12.0. The molecule has 0 heteroatoms. The van der Waals surface area contributed by atoms with Gasteiger partial charge in [0.2, 0.25) is 0 Å². The molecule has 0 saturated heterocycles. The summed E-state index contributed by atoms with van der Waals surface area (Å²) in [5.74, 6) is 7.52. The highest BCUT2D eigenvalue weighted by Crippen LogP contribution is 2.94. The Bertz CT molecular complexity index is 437. The summed E-state index contributed by atoms with van der Waals surface area (Å²) in [7, 11) is 0. The lowest BCUT2D eigenvalue weighted by Crippen LogP contribution is -2.63. The zero-order chi connectivity index (χ0) is 12.0. The van der Waals surface area contributed by atoms with E-state index in [0.717, 1.165) is 46.8 Å². The highest BCUT2D eigenvalue weighted by molar-refractivity contribution is 5.37. The van der Waals surface area contributed by atoms with E-state index in [4.69, 9.17) is 0 Å². The number of hydrogen-bond acceptors (Lipinski definition) is 0. The Kier molecular flexibility index (Phi) is 1.24. The smallest absolute Gasteiger partial charge is 0.0178 e. The van der Waals surface area contributed by atoms with Gasteiger partial charge in [0, 0.05) is 0 Å². The molecule has 5 rings (SSSR count). The van der Waals surface area contributed by atoms with Crippen LogP contribution < -0.4 is 0 Å². The maximum atomic E-state index is 2.70. The molecule has 0 heterocycles. The number of rotatable bonds is 0. The van der Waals surface area contributed by atoms with E-state index in [-0.39, 0.29) is 0 Å². The van der Waals surface area contributed by atoms with Gasteiger partial charge in [-0.25, -0.2) is 0 Å². The lowest BCUT2D eigenvalue weighted by Gasteiger charge is -2.68. The molecular weight excluding hydrogens is 204 g/mol. The SMILES string of the molecule is CC1C2C3CC4CC3C3C(C)C(C)(C41C)C23C. The van der Waals surface area contributed by atoms with Crippen LogP contribution in [0.1, 0.15) is 47.5 Å². The third kappa shape index (κ3) is 0.543. The lowest BCUT2D eigenvalue weighted by molar-refractivity contribution is -0.208. The van der Waals surface area contributed by atoms with Crippen LogP contribution in [-0.2, 0) is 0 Å². The van der Waals surface area contributed by atoms with Gasteiger partial charge in [-0.2, -0.15) is 0 Å². The molecule has 10 atom stereocenters. The fraction of sp³-hybridized carbons (Fsp3) is 1.00. The first kappa shape index (κ1) is 9.87. The molecule has 0 aliphatic heterocycles. The molecule has 4 bridgehead atoms. The maximum absolute atomic E-state index is 2.70. The second-order valence-electron chi connectivity index (χ2n) is 8.89. The first-order valence-corrected chi connectivity index (χ1v) is 7.90. The van der Waals surface area contributed by atoms with Crippen molar-refractivity contribution < 1.29 is 0 Å². The minimum atomic E-state index is 0.666. The van der Waals surface area contributed by atoms with Gasteiger partial charge in [0.15, 0.2) is 0 Å². The van der Waals surface area contributed by atoms with Crippen molar-refractivity contribution in [3.63, 3.8) is 0 Å². The van der Waals surface area contributed by atoms with E-state index in [9.17, 15) is 0 Å². The van der Waals surface area contributed by atoms with Crippen molar-refractivity contribution >= 4 is 0 Å². The van der Waals surface area contributed by atoms with Gasteiger partial charge in [-0.1, -0.05) is 34.6 Å². The van der Waals surface area contributed by atoms with Crippen molar-refractivity contribution in [2.75, 3.05) is 0 Å². The summed E-state index contributed by atoms with van der Waals surface area (Å²) in [6, 6.07) is 0. The Morgan fingerprint density at radius 3 is 1.88 bits per heavy atom. The minimum Gasteiger partial charge on any atom is -0.0617 e. The van der Waals surface area contributed by atoms with Crippen molar-refractivity contribution in [1.29, 1.82) is 0 Å². The van der Waals surface area contributed by atoms with Crippen LogP contribution in [-0.4, -0.2) is 0 Å². The summed E-state index contributed by atoms with van der Waals surface area (Å²) in [4.78, 5) is 0. The quantitative estimate of drug-likeness (QED) is 0.585. The molecule has 94 valence electrons. The first-order valence-electron chi connectivity index (χ1n) is 7.90. The summed E-state index contributed by atoms with van der Waals surface area (Å²) in [6.45, 7) is 13.3. The molecule has 0 aromatic carbocycles. The number of hydrogen-bond donors (Lipinski definition) is 0. The second kappa shape index (κ2) is 2.14. The fourth-order valence-electron chi connectivity index (χ4n) is 9.47. The minimum absolute atomic E-state index is 0.666. The average Bonchev–Trinajstić information content (AvgIpc) is 2.74. The van der Waals surface area contributed by atoms with Crippen molar-refractivity contribution in [2.45, 2.75) is 47.5 Å². The maximum Gasteiger partial charge on any atom is -0.0178 e. The van der Waals surface area contributed by atoms with Gasteiger partial charge in [0.05, 0.1) is 0 Å². The van der Waals surface area contributed by atoms with Crippen molar-refractivity contribution in [2.24, 2.45) is 57.7 Å². The van der Waals surface area contributed by atoms with Crippen molar-refractivity contribution in [3.05, 3.63) is 0 Å². The predicted octanol–water partition coefficient (Wildman–Crippen LogP) is 4.21. The standard InChI is InChI=1S/C17H26/c1-8-13-11-6-10-7-12(11)14-9(2)17(5,15(8,10)3)16(13,14)4/h8-14H,6-7H2,1-5H3. The molecule has 5 aliphatic rings. The van der Waals surface area contributed by atoms with E-state index in [2.05, 4.69) is 34.6 Å². The highest BCUT2D eigenvalue weighted by atomic mass is 14.9. The Morgan fingerprint density at radius 1 is 0.765 bits per heavy atom. The van der Waals surface area contributed by atoms with Crippen LogP contribution in [0, 0.1) is 57.7 Å². The average molecular weight is 230 g/mol. The van der Waals surface area contributed by atoms with Gasteiger partial charge in [-0.15, -0.1) is 0 Å². The van der Waals surface area contributed by atoms with Gasteiger partial charge >= 0.3 is 0 Å². The molecule has 5 saturated carbocycles. The molecule has 17 heavy (non-hydrogen) atoms. The van der Waals surface area contributed by atoms with Gasteiger partial charge in [0.25, 0.3) is 0 Å². The molecule has 0 aromatic heterocycles. The Morgan fingerprint density at radius 2 is 1.29 bits per heavy atom. The molecule has 5 aliphatic carbocycles. The molecule has 10 unspecified atom stereocenters. The van der Waals surface area contributed by atoms with Crippen LogP contribution >= 0.6 is 0 Å². The summed E-state index contributed by atoms with van der Waals surface area (Å²) in [5, 5.41) is 0. The van der Waals surface area contributed by atoms with Crippen LogP contribution in [0.4, 0.5) is 0 Å². The molecule has 0 N–H and O–H groups in total. The van der Waals surface area contributed by atoms with Crippen LogP contribution in [0.2, 0.25) is 0 Å². The highest BCUT2D eigenvalue weighted by Gasteiger charge is 2.89. The molecule has 5 fully saturated rings. The van der Waals surface area contributed by atoms with Gasteiger partial charge in [-0.3, -0.25) is 0 Å². The van der Waals surface area contributed by atoms with Gasteiger partial charge in [0.1, 0.15) is 0 Å². The van der Waals surface area contributed by atoms with Crippen LogP contribution in [0.3, 0.4) is 0 Å². The zero-order valence-electron chi connectivity index (χ0n) is 12.0. The fourth-order valence-corrected chi connectivity index (χ4v) is 9.47. The normalized spacial score (nSPS) is 82.1. The van der Waals surface area contributed by atoms with E-state index in [0.29, 0.717) is 10.8 Å². The molecule has 0 radical (unpaired) electrons. The predicted molar refractivity (Wildman–Crippen MR) is 69.3 cm³/mol. The van der Waals surface area contributed by atoms with E-state index < -0.39 is 0 Å². The van der Waals surface area contributed by atoms with Crippen LogP contribution in [0.5, 0.6) is 0 Å². The van der Waals surface area contributed by atoms with E-state index in [1.807, 2.05) is 0 Å². The summed E-state index contributed by atoms with van der Waals surface area (Å²) in [5.41, 5.74) is 2.06. The van der Waals surface area contributed by atoms with Crippen LogP contribution in [0.15, 0.2) is 0 Å². The molecule has 0 amide bonds. The Labute approximate surface area is 106 Å². The van der Waals surface area contributed by atoms with E-state index >= 15 is 0 Å². The molecule has 0 nitrogen and oxygen atoms in total. The largest absolute Gasteiger partial charge is 0.0617 e. The summed E-state index contributed by atoms with van der Waals surface area (Å²) < 4.78 is 0. The summed E-state index contributed by atoms with van der Waals surface area (Å²) in [6.07, 6.45) is 3.20. The van der Waals surface area contributed by atoms with Crippen molar-refractivity contribution in [3.8, 4) is 0 Å². The number of fused-ring (bicyclic) bond motifs is 5. The molecule has 0 spiro atoms. The monoisotopic (exact) mass is 230 g/mol. The third-order valence-corrected chi connectivity index (χ3v) is 9.99. The second-order valence-corrected chi connectivity index (χ2v) is 8.89. The van der Waals surface area contributed by atoms with Crippen molar-refractivity contribution in [1.82, 2.24) is 0 Å². The van der Waals surface area contributed by atoms with E-state index in [1.165, 1.54) is 0 Å². The molecular formula is C17H26. The molecule has 0 aromatic rings. The van der Waals surface area contributed by atoms with E-state index in [1.54, 1.807) is 12.8 Å².